The summed E-state index contributed by atoms with van der Waals surface area (Å²) in [6, 6.07) is 2.29. The highest BCUT2D eigenvalue weighted by molar-refractivity contribution is 5.28. The summed E-state index contributed by atoms with van der Waals surface area (Å²) in [5.41, 5.74) is 0.665. The molecular formula is C22H33N5O3. The van der Waals surface area contributed by atoms with E-state index in [0.717, 1.165) is 31.4 Å². The van der Waals surface area contributed by atoms with Crippen molar-refractivity contribution in [3.05, 3.63) is 29.3 Å². The standard InChI is InChI=1S/C22H33N5O3/c1-3-4-6-14(2)18(28)10-9-16-17-11-20(30-21(17)12-19(16)29)15(13-23)7-5-8-22-24-26-27-25-22/h9-10,14,16-19,21,28-29H,3-8,11-12H2,1-2H3,(H,24,25,26,27)/t14?,16-,17-,18+,19-,21+/m1/s1. The molecule has 3 rings (SSSR count). The number of aliphatic hydroxyl groups excluding tert-OH is 2. The summed E-state index contributed by atoms with van der Waals surface area (Å²) < 4.78 is 6.09. The Labute approximate surface area is 178 Å². The van der Waals surface area contributed by atoms with Crippen molar-refractivity contribution in [3.8, 4) is 6.07 Å². The second-order valence-corrected chi connectivity index (χ2v) is 8.59. The zero-order chi connectivity index (χ0) is 21.5. The summed E-state index contributed by atoms with van der Waals surface area (Å²) in [6.45, 7) is 4.21. The highest BCUT2D eigenvalue weighted by atomic mass is 16.5. The molecular weight excluding hydrogens is 382 g/mol. The van der Waals surface area contributed by atoms with Gasteiger partial charge in [-0.05, 0) is 25.2 Å². The second kappa shape index (κ2) is 10.7. The minimum Gasteiger partial charge on any atom is -0.493 e. The number of allylic oxidation sites excluding steroid dienone is 2. The Hall–Kier alpha value is -2.24. The second-order valence-electron chi connectivity index (χ2n) is 8.59. The van der Waals surface area contributed by atoms with Crippen molar-refractivity contribution in [2.24, 2.45) is 17.8 Å². The number of aliphatic hydroxyl groups is 2. The molecule has 1 saturated carbocycles. The fourth-order valence-electron chi connectivity index (χ4n) is 4.51. The van der Waals surface area contributed by atoms with Gasteiger partial charge in [0.1, 0.15) is 11.9 Å². The Morgan fingerprint density at radius 3 is 2.97 bits per heavy atom. The zero-order valence-corrected chi connectivity index (χ0v) is 17.9. The summed E-state index contributed by atoms with van der Waals surface area (Å²) in [7, 11) is 0. The van der Waals surface area contributed by atoms with Gasteiger partial charge in [0.25, 0.3) is 0 Å². The highest BCUT2D eigenvalue weighted by Crippen LogP contribution is 2.46. The maximum atomic E-state index is 10.5. The summed E-state index contributed by atoms with van der Waals surface area (Å²) in [6.07, 6.45) is 9.21. The quantitative estimate of drug-likeness (QED) is 0.396. The first-order valence-electron chi connectivity index (χ1n) is 11.1. The number of aromatic amines is 1. The minimum absolute atomic E-state index is 0.0557. The molecule has 1 aromatic heterocycles. The zero-order valence-electron chi connectivity index (χ0n) is 17.9. The third-order valence-corrected chi connectivity index (χ3v) is 6.42. The number of nitrogens with one attached hydrogen (secondary N) is 1. The summed E-state index contributed by atoms with van der Waals surface area (Å²) in [5, 5.41) is 44.3. The lowest BCUT2D eigenvalue weighted by Gasteiger charge is -2.18. The lowest BCUT2D eigenvalue weighted by molar-refractivity contribution is 0.110. The van der Waals surface area contributed by atoms with Gasteiger partial charge < -0.3 is 14.9 Å². The van der Waals surface area contributed by atoms with Gasteiger partial charge in [-0.25, -0.2) is 0 Å². The number of fused-ring (bicyclic) bond motifs is 1. The number of hydrogen-bond acceptors (Lipinski definition) is 7. The minimum atomic E-state index is -0.500. The van der Waals surface area contributed by atoms with Gasteiger partial charge >= 0.3 is 0 Å². The molecule has 164 valence electrons. The van der Waals surface area contributed by atoms with Gasteiger partial charge in [0, 0.05) is 31.1 Å². The Morgan fingerprint density at radius 1 is 1.43 bits per heavy atom. The fourth-order valence-corrected chi connectivity index (χ4v) is 4.51. The first kappa shape index (κ1) is 22.4. The van der Waals surface area contributed by atoms with Crippen LogP contribution in [0, 0.1) is 29.1 Å². The molecule has 6 atom stereocenters. The number of unbranched alkanes of at least 4 members (excludes halogenated alkanes) is 1. The van der Waals surface area contributed by atoms with Crippen molar-refractivity contribution in [2.75, 3.05) is 0 Å². The number of aryl methyl sites for hydroxylation is 1. The maximum Gasteiger partial charge on any atom is 0.174 e. The first-order valence-corrected chi connectivity index (χ1v) is 11.1. The molecule has 1 aromatic rings. The fraction of sp³-hybridized carbons (Fsp3) is 0.727. The van der Waals surface area contributed by atoms with Gasteiger partial charge in [0.2, 0.25) is 0 Å². The molecule has 0 radical (unpaired) electrons. The molecule has 30 heavy (non-hydrogen) atoms. The van der Waals surface area contributed by atoms with Gasteiger partial charge in [-0.1, -0.05) is 44.1 Å². The molecule has 1 aliphatic carbocycles. The van der Waals surface area contributed by atoms with E-state index in [1.807, 2.05) is 12.2 Å². The van der Waals surface area contributed by atoms with Crippen LogP contribution >= 0.6 is 0 Å². The summed E-state index contributed by atoms with van der Waals surface area (Å²) in [4.78, 5) is 0. The lowest BCUT2D eigenvalue weighted by atomic mass is 9.89. The van der Waals surface area contributed by atoms with E-state index in [4.69, 9.17) is 4.74 Å². The van der Waals surface area contributed by atoms with E-state index in [1.54, 1.807) is 0 Å². The number of ether oxygens (including phenoxy) is 1. The molecule has 0 amide bonds. The molecule has 1 saturated heterocycles. The number of aromatic nitrogens is 4. The van der Waals surface area contributed by atoms with Crippen LogP contribution in [0.2, 0.25) is 0 Å². The van der Waals surface area contributed by atoms with Gasteiger partial charge in [-0.2, -0.15) is 10.5 Å². The van der Waals surface area contributed by atoms with Crippen molar-refractivity contribution in [3.63, 3.8) is 0 Å². The Kier molecular flexibility index (Phi) is 8.00. The average Bonchev–Trinajstić information content (AvgIpc) is 3.45. The molecule has 8 nitrogen and oxygen atoms in total. The van der Waals surface area contributed by atoms with Crippen LogP contribution < -0.4 is 0 Å². The molecule has 8 heteroatoms. The van der Waals surface area contributed by atoms with Crippen LogP contribution in [0.15, 0.2) is 23.5 Å². The molecule has 2 aliphatic rings. The molecule has 0 aromatic carbocycles. The van der Waals surface area contributed by atoms with Gasteiger partial charge in [-0.3, -0.25) is 0 Å². The number of H-pyrrole nitrogens is 1. The number of hydrogen-bond donors (Lipinski definition) is 3. The van der Waals surface area contributed by atoms with Crippen molar-refractivity contribution in [2.45, 2.75) is 83.5 Å². The van der Waals surface area contributed by atoms with Gasteiger partial charge in [0.15, 0.2) is 5.82 Å². The largest absolute Gasteiger partial charge is 0.493 e. The van der Waals surface area contributed by atoms with Gasteiger partial charge in [-0.15, -0.1) is 10.2 Å². The van der Waals surface area contributed by atoms with E-state index < -0.39 is 12.2 Å². The predicted molar refractivity (Wildman–Crippen MR) is 111 cm³/mol. The molecule has 3 N–H and O–H groups in total. The molecule has 2 heterocycles. The third-order valence-electron chi connectivity index (χ3n) is 6.42. The maximum absolute atomic E-state index is 10.5. The van der Waals surface area contributed by atoms with Crippen LogP contribution in [0.3, 0.4) is 0 Å². The number of tetrazole rings is 1. The average molecular weight is 416 g/mol. The Balaban J connectivity index is 1.59. The number of rotatable bonds is 10. The Bertz CT molecular complexity index is 770. The molecule has 0 bridgehead atoms. The van der Waals surface area contributed by atoms with Crippen LogP contribution in [-0.4, -0.2) is 49.1 Å². The summed E-state index contributed by atoms with van der Waals surface area (Å²) in [5.74, 6) is 1.68. The van der Waals surface area contributed by atoms with Crippen LogP contribution in [0.5, 0.6) is 0 Å². The van der Waals surface area contributed by atoms with E-state index in [1.165, 1.54) is 0 Å². The summed E-state index contributed by atoms with van der Waals surface area (Å²) >= 11 is 0. The first-order chi connectivity index (χ1) is 14.5. The van der Waals surface area contributed by atoms with Crippen molar-refractivity contribution < 1.29 is 14.9 Å². The van der Waals surface area contributed by atoms with Crippen molar-refractivity contribution >= 4 is 0 Å². The normalized spacial score (nSPS) is 29.4. The predicted octanol–water partition coefficient (Wildman–Crippen LogP) is 2.83. The van der Waals surface area contributed by atoms with Gasteiger partial charge in [0.05, 0.1) is 23.9 Å². The van der Waals surface area contributed by atoms with Crippen LogP contribution in [0.1, 0.15) is 64.6 Å². The number of nitrogens with zero attached hydrogens (tertiary/aromatic N) is 4. The molecule has 1 aliphatic heterocycles. The molecule has 1 unspecified atom stereocenters. The monoisotopic (exact) mass is 415 g/mol. The molecule has 2 fully saturated rings. The van der Waals surface area contributed by atoms with Crippen LogP contribution in [0.4, 0.5) is 0 Å². The van der Waals surface area contributed by atoms with Crippen LogP contribution in [-0.2, 0) is 11.2 Å². The van der Waals surface area contributed by atoms with E-state index >= 15 is 0 Å². The topological polar surface area (TPSA) is 128 Å². The Morgan fingerprint density at radius 2 is 2.27 bits per heavy atom. The van der Waals surface area contributed by atoms with E-state index in [9.17, 15) is 15.5 Å². The van der Waals surface area contributed by atoms with E-state index in [0.29, 0.717) is 37.1 Å². The van der Waals surface area contributed by atoms with Crippen molar-refractivity contribution in [1.29, 1.82) is 5.26 Å². The van der Waals surface area contributed by atoms with E-state index in [-0.39, 0.29) is 23.9 Å². The highest BCUT2D eigenvalue weighted by Gasteiger charge is 2.47. The SMILES string of the molecule is CCCCC(C)[C@@H](O)C=C[C@@H]1[C@H]2CC(=C(C#N)CCCc3nn[nH]n3)O[C@H]2C[C@H]1O. The third kappa shape index (κ3) is 5.46. The lowest BCUT2D eigenvalue weighted by Crippen LogP contribution is -2.20. The van der Waals surface area contributed by atoms with Crippen LogP contribution in [0.25, 0.3) is 0 Å². The van der Waals surface area contributed by atoms with Crippen molar-refractivity contribution in [1.82, 2.24) is 20.6 Å². The molecule has 0 spiro atoms. The number of nitriles is 1. The van der Waals surface area contributed by atoms with E-state index in [2.05, 4.69) is 40.5 Å². The smallest absolute Gasteiger partial charge is 0.174 e.